The third-order valence-corrected chi connectivity index (χ3v) is 10.1. The molecule has 0 amide bonds. The molecule has 2 heterocycles. The lowest BCUT2D eigenvalue weighted by Gasteiger charge is -2.24. The maximum Gasteiger partial charge on any atom is 0.353 e. The first kappa shape index (κ1) is 31.3. The molecule has 12 heteroatoms. The van der Waals surface area contributed by atoms with Gasteiger partial charge in [0.05, 0.1) is 37.4 Å². The van der Waals surface area contributed by atoms with Gasteiger partial charge in [-0.1, -0.05) is 38.8 Å². The lowest BCUT2D eigenvalue weighted by molar-refractivity contribution is 0.0687. The van der Waals surface area contributed by atoms with E-state index < -0.39 is 16.0 Å². The summed E-state index contributed by atoms with van der Waals surface area (Å²) in [4.78, 5) is 13.1. The van der Waals surface area contributed by atoms with Crippen molar-refractivity contribution in [3.63, 3.8) is 0 Å². The van der Waals surface area contributed by atoms with Crippen LogP contribution in [-0.2, 0) is 16.6 Å². The molecule has 0 aliphatic rings. The molecule has 0 bridgehead atoms. The van der Waals surface area contributed by atoms with Crippen LogP contribution >= 0.6 is 11.7 Å². The number of hydrogen-bond donors (Lipinski definition) is 1. The molecule has 0 aliphatic heterocycles. The fraction of sp³-hybridized carbons (Fsp3) is 0.344. The quantitative estimate of drug-likeness (QED) is 0.141. The molecule has 232 valence electrons. The number of unbranched alkanes of at least 4 members (excludes halogenated alkanes) is 2. The Labute approximate surface area is 261 Å². The van der Waals surface area contributed by atoms with Crippen molar-refractivity contribution in [3.8, 4) is 22.6 Å². The fourth-order valence-corrected chi connectivity index (χ4v) is 7.68. The molecule has 0 radical (unpaired) electrons. The van der Waals surface area contributed by atoms with Gasteiger partial charge in [-0.05, 0) is 66.4 Å². The Bertz CT molecular complexity index is 1920. The van der Waals surface area contributed by atoms with Gasteiger partial charge in [-0.2, -0.15) is 8.75 Å². The first-order valence-corrected chi connectivity index (χ1v) is 16.9. The zero-order valence-electron chi connectivity index (χ0n) is 25.2. The fourth-order valence-electron chi connectivity index (χ4n) is 5.44. The van der Waals surface area contributed by atoms with Crippen molar-refractivity contribution in [2.24, 2.45) is 0 Å². The van der Waals surface area contributed by atoms with E-state index in [-0.39, 0.29) is 18.0 Å². The van der Waals surface area contributed by atoms with Gasteiger partial charge in [0.15, 0.2) is 11.5 Å². The minimum atomic E-state index is -3.60. The summed E-state index contributed by atoms with van der Waals surface area (Å²) in [6, 6.07) is 16.4. The lowest BCUT2D eigenvalue weighted by atomic mass is 10.0. The number of benzene rings is 3. The van der Waals surface area contributed by atoms with E-state index in [1.54, 1.807) is 34.9 Å². The number of anilines is 1. The van der Waals surface area contributed by atoms with E-state index in [1.807, 2.05) is 38.1 Å². The number of methoxy groups -OCH3 is 2. The van der Waals surface area contributed by atoms with Crippen LogP contribution < -0.4 is 13.8 Å². The molecule has 0 atom stereocenters. The maximum absolute atomic E-state index is 13.5. The van der Waals surface area contributed by atoms with Crippen molar-refractivity contribution in [1.29, 1.82) is 0 Å². The summed E-state index contributed by atoms with van der Waals surface area (Å²) in [6.07, 6.45) is 2.85. The number of hydrogen-bond acceptors (Lipinski definition) is 8. The van der Waals surface area contributed by atoms with E-state index >= 15 is 0 Å². The molecule has 5 rings (SSSR count). The Kier molecular flexibility index (Phi) is 9.40. The second-order valence-corrected chi connectivity index (χ2v) is 13.1. The van der Waals surface area contributed by atoms with Gasteiger partial charge in [-0.15, -0.1) is 0 Å². The summed E-state index contributed by atoms with van der Waals surface area (Å²) in [5, 5.41) is 11.3. The van der Waals surface area contributed by atoms with Crippen LogP contribution in [0.2, 0.25) is 0 Å². The van der Waals surface area contributed by atoms with Gasteiger partial charge in [0.2, 0.25) is 10.0 Å². The van der Waals surface area contributed by atoms with E-state index in [2.05, 4.69) is 8.75 Å². The average molecular weight is 637 g/mol. The lowest BCUT2D eigenvalue weighted by Crippen LogP contribution is -2.34. The minimum Gasteiger partial charge on any atom is -0.493 e. The van der Waals surface area contributed by atoms with Crippen LogP contribution in [0.3, 0.4) is 0 Å². The molecular formula is C32H36N4O6S2. The molecule has 0 saturated carbocycles. The van der Waals surface area contributed by atoms with Crippen LogP contribution in [-0.4, -0.2) is 59.3 Å². The van der Waals surface area contributed by atoms with Crippen LogP contribution in [0.5, 0.6) is 11.5 Å². The van der Waals surface area contributed by atoms with Crippen molar-refractivity contribution in [2.75, 3.05) is 30.8 Å². The highest BCUT2D eigenvalue weighted by molar-refractivity contribution is 7.92. The molecule has 5 aromatic rings. The maximum atomic E-state index is 13.5. The number of nitrogens with zero attached hydrogens (tertiary/aromatic N) is 4. The van der Waals surface area contributed by atoms with Gasteiger partial charge < -0.3 is 19.1 Å². The van der Waals surface area contributed by atoms with Crippen LogP contribution in [0.25, 0.3) is 33.1 Å². The molecule has 0 spiro atoms. The van der Waals surface area contributed by atoms with Crippen molar-refractivity contribution in [3.05, 3.63) is 65.9 Å². The number of aromatic nitrogens is 3. The topological polar surface area (TPSA) is 124 Å². The molecule has 3 aromatic carbocycles. The van der Waals surface area contributed by atoms with Gasteiger partial charge in [0.25, 0.3) is 0 Å². The van der Waals surface area contributed by atoms with Crippen LogP contribution in [0, 0.1) is 0 Å². The largest absolute Gasteiger partial charge is 0.493 e. The molecule has 0 unspecified atom stereocenters. The number of rotatable bonds is 14. The normalized spacial score (nSPS) is 11.7. The van der Waals surface area contributed by atoms with Gasteiger partial charge in [0.1, 0.15) is 16.7 Å². The van der Waals surface area contributed by atoms with Crippen LogP contribution in [0.1, 0.15) is 55.6 Å². The van der Waals surface area contributed by atoms with Gasteiger partial charge in [-0.25, -0.2) is 13.2 Å². The zero-order chi connectivity index (χ0) is 31.4. The number of carboxylic acids is 1. The molecular weight excluding hydrogens is 601 g/mol. The number of carbonyl (C=O) groups is 1. The highest BCUT2D eigenvalue weighted by Gasteiger charge is 2.28. The second-order valence-electron chi connectivity index (χ2n) is 10.6. The number of carboxylic acid groups (broad SMARTS) is 1. The first-order valence-electron chi connectivity index (χ1n) is 14.6. The van der Waals surface area contributed by atoms with Gasteiger partial charge >= 0.3 is 5.97 Å². The van der Waals surface area contributed by atoms with E-state index in [1.165, 1.54) is 18.5 Å². The minimum absolute atomic E-state index is 0.0448. The van der Waals surface area contributed by atoms with Crippen LogP contribution in [0.4, 0.5) is 5.69 Å². The second kappa shape index (κ2) is 13.2. The van der Waals surface area contributed by atoms with E-state index in [9.17, 15) is 18.3 Å². The number of sulfonamides is 1. The first-order chi connectivity index (χ1) is 21.2. The third kappa shape index (κ3) is 6.09. The molecule has 0 aliphatic carbocycles. The molecule has 0 saturated heterocycles. The summed E-state index contributed by atoms with van der Waals surface area (Å²) >= 11 is 1.13. The van der Waals surface area contributed by atoms with Crippen molar-refractivity contribution in [2.45, 2.75) is 46.1 Å². The Morgan fingerprint density at radius 3 is 2.39 bits per heavy atom. The number of ether oxygens (including phenoxy) is 2. The monoisotopic (exact) mass is 636 g/mol. The standard InChI is InChI=1S/C32H36N4O6S2/c1-5-7-15-36(44(39,40)16-8-6-2)23-11-13-27-24(19-23)30(22-10-14-28(41-3)29(18-22)42-4)31(32(37)38)35(27)20-21-9-12-25-26(17-21)34-43-33-25/h9-14,17-19H,5-8,15-16,20H2,1-4H3,(H,37,38). The van der Waals surface area contributed by atoms with Crippen LogP contribution in [0.15, 0.2) is 54.6 Å². The van der Waals surface area contributed by atoms with Gasteiger partial charge in [0, 0.05) is 29.6 Å². The Morgan fingerprint density at radius 2 is 1.68 bits per heavy atom. The third-order valence-electron chi connectivity index (χ3n) is 7.68. The van der Waals surface area contributed by atoms with E-state index in [0.29, 0.717) is 58.6 Å². The number of aromatic carboxylic acids is 1. The van der Waals surface area contributed by atoms with Crippen molar-refractivity contribution in [1.82, 2.24) is 13.3 Å². The van der Waals surface area contributed by atoms with E-state index in [4.69, 9.17) is 9.47 Å². The molecule has 44 heavy (non-hydrogen) atoms. The summed E-state index contributed by atoms with van der Waals surface area (Å²) in [5.41, 5.74) is 4.70. The molecule has 10 nitrogen and oxygen atoms in total. The van der Waals surface area contributed by atoms with E-state index in [0.717, 1.165) is 41.2 Å². The predicted octanol–water partition coefficient (Wildman–Crippen LogP) is 6.81. The summed E-state index contributed by atoms with van der Waals surface area (Å²) in [6.45, 7) is 4.58. The molecule has 0 fully saturated rings. The van der Waals surface area contributed by atoms with Crippen molar-refractivity contribution < 1.29 is 27.8 Å². The van der Waals surface area contributed by atoms with Gasteiger partial charge in [-0.3, -0.25) is 4.31 Å². The molecule has 2 aromatic heterocycles. The Morgan fingerprint density at radius 1 is 0.932 bits per heavy atom. The summed E-state index contributed by atoms with van der Waals surface area (Å²) in [5.74, 6) is -0.104. The zero-order valence-corrected chi connectivity index (χ0v) is 26.9. The summed E-state index contributed by atoms with van der Waals surface area (Å²) in [7, 11) is -0.534. The average Bonchev–Trinajstić information content (AvgIpc) is 3.62. The SMILES string of the molecule is CCCCN(c1ccc2c(c1)c(-c1ccc(OC)c(OC)c1)c(C(=O)O)n2Cc1ccc2nsnc2c1)S(=O)(=O)CCCC. The predicted molar refractivity (Wildman–Crippen MR) is 175 cm³/mol. The number of fused-ring (bicyclic) bond motifs is 2. The smallest absolute Gasteiger partial charge is 0.353 e. The molecule has 1 N–H and O–H groups in total. The van der Waals surface area contributed by atoms with Crippen molar-refractivity contribution >= 4 is 55.3 Å². The highest BCUT2D eigenvalue weighted by Crippen LogP contribution is 2.41. The Hall–Kier alpha value is -4.16. The Balaban J connectivity index is 1.77. The highest BCUT2D eigenvalue weighted by atomic mass is 32.2. The summed E-state index contributed by atoms with van der Waals surface area (Å²) < 4.78 is 49.9.